The van der Waals surface area contributed by atoms with Crippen molar-refractivity contribution in [2.45, 2.75) is 27.3 Å². The van der Waals surface area contributed by atoms with E-state index in [0.717, 1.165) is 22.7 Å². The highest BCUT2D eigenvalue weighted by molar-refractivity contribution is 14.0. The zero-order valence-corrected chi connectivity index (χ0v) is 18.3. The molecule has 0 aliphatic rings. The van der Waals surface area contributed by atoms with E-state index in [4.69, 9.17) is 5.73 Å². The third kappa shape index (κ3) is 6.70. The number of aryl methyl sites for hydroxylation is 1. The van der Waals surface area contributed by atoms with Gasteiger partial charge in [0.2, 0.25) is 5.91 Å². The third-order valence-electron chi connectivity index (χ3n) is 3.46. The van der Waals surface area contributed by atoms with Crippen LogP contribution in [-0.4, -0.2) is 41.5 Å². The first-order valence-electron chi connectivity index (χ1n) is 7.27. The Morgan fingerprint density at radius 1 is 1.52 bits per heavy atom. The van der Waals surface area contributed by atoms with Crippen molar-refractivity contribution in [3.8, 4) is 0 Å². The number of nitrogens with zero attached hydrogens (tertiary/aromatic N) is 3. The number of rotatable bonds is 6. The van der Waals surface area contributed by atoms with Gasteiger partial charge >= 0.3 is 0 Å². The van der Waals surface area contributed by atoms with E-state index in [1.807, 2.05) is 32.1 Å². The van der Waals surface area contributed by atoms with E-state index >= 15 is 0 Å². The smallest absolute Gasteiger partial charge is 0.224 e. The predicted octanol–water partition coefficient (Wildman–Crippen LogP) is 2.31. The molecule has 1 amide bonds. The van der Waals surface area contributed by atoms with Crippen LogP contribution in [0.1, 0.15) is 26.5 Å². The lowest BCUT2D eigenvalue weighted by Crippen LogP contribution is -2.41. The largest absolute Gasteiger partial charge is 0.369 e. The number of nitrogens with one attached hydrogen (secondary N) is 1. The lowest BCUT2D eigenvalue weighted by molar-refractivity contribution is -0.125. The molecule has 0 atom stereocenters. The summed E-state index contributed by atoms with van der Waals surface area (Å²) >= 11 is 3.48. The molecule has 0 aliphatic carbocycles. The van der Waals surface area contributed by atoms with Crippen LogP contribution in [-0.2, 0) is 18.4 Å². The molecular formula is C15H27BrIN5O. The van der Waals surface area contributed by atoms with Gasteiger partial charge in [0, 0.05) is 37.0 Å². The standard InChI is InChI=1S/C15H26BrN5O.HI/c1-6-18-14(19-10-15(2,3)13(17)22)21(5)9-12-7-11(16)8-20(12)4;/h7-8H,6,9-10H2,1-5H3,(H2,17,22)(H,18,19);1H. The van der Waals surface area contributed by atoms with Gasteiger partial charge in [-0.1, -0.05) is 0 Å². The highest BCUT2D eigenvalue weighted by Crippen LogP contribution is 2.16. The van der Waals surface area contributed by atoms with E-state index in [-0.39, 0.29) is 29.9 Å². The van der Waals surface area contributed by atoms with Crippen LogP contribution in [0.3, 0.4) is 0 Å². The molecule has 0 aromatic carbocycles. The van der Waals surface area contributed by atoms with E-state index in [1.54, 1.807) is 13.8 Å². The first kappa shape index (κ1) is 22.2. The molecule has 3 N–H and O–H groups in total. The summed E-state index contributed by atoms with van der Waals surface area (Å²) in [5.41, 5.74) is 5.91. The van der Waals surface area contributed by atoms with E-state index in [1.165, 1.54) is 0 Å². The second-order valence-electron chi connectivity index (χ2n) is 6.03. The van der Waals surface area contributed by atoms with Gasteiger partial charge < -0.3 is 20.5 Å². The monoisotopic (exact) mass is 499 g/mol. The van der Waals surface area contributed by atoms with Crippen LogP contribution in [0.15, 0.2) is 21.7 Å². The molecule has 8 heteroatoms. The summed E-state index contributed by atoms with van der Waals surface area (Å²) in [6.45, 7) is 7.45. The molecule has 132 valence electrons. The quantitative estimate of drug-likeness (QED) is 0.358. The van der Waals surface area contributed by atoms with Crippen LogP contribution in [0.5, 0.6) is 0 Å². The van der Waals surface area contributed by atoms with Crippen molar-refractivity contribution in [1.82, 2.24) is 14.8 Å². The average Bonchev–Trinajstić information content (AvgIpc) is 2.72. The molecule has 0 saturated carbocycles. The Morgan fingerprint density at radius 2 is 2.13 bits per heavy atom. The summed E-state index contributed by atoms with van der Waals surface area (Å²) in [4.78, 5) is 18.0. The first-order chi connectivity index (χ1) is 10.2. The maximum absolute atomic E-state index is 11.4. The molecule has 0 radical (unpaired) electrons. The van der Waals surface area contributed by atoms with Crippen LogP contribution < -0.4 is 11.1 Å². The third-order valence-corrected chi connectivity index (χ3v) is 3.89. The molecule has 0 saturated heterocycles. The van der Waals surface area contributed by atoms with Crippen LogP contribution in [0.2, 0.25) is 0 Å². The van der Waals surface area contributed by atoms with Crippen molar-refractivity contribution < 1.29 is 4.79 Å². The highest BCUT2D eigenvalue weighted by atomic mass is 127. The van der Waals surface area contributed by atoms with Crippen LogP contribution in [0.25, 0.3) is 0 Å². The Bertz CT molecular complexity index is 556. The molecule has 0 unspecified atom stereocenters. The lowest BCUT2D eigenvalue weighted by Gasteiger charge is -2.24. The molecular weight excluding hydrogens is 473 g/mol. The number of aromatic nitrogens is 1. The summed E-state index contributed by atoms with van der Waals surface area (Å²) in [5, 5.41) is 3.24. The van der Waals surface area contributed by atoms with E-state index in [0.29, 0.717) is 13.1 Å². The summed E-state index contributed by atoms with van der Waals surface area (Å²) in [7, 11) is 3.98. The van der Waals surface area contributed by atoms with E-state index in [9.17, 15) is 4.79 Å². The maximum Gasteiger partial charge on any atom is 0.224 e. The van der Waals surface area contributed by atoms with Crippen LogP contribution in [0.4, 0.5) is 0 Å². The Balaban J connectivity index is 0.00000484. The number of nitrogens with two attached hydrogens (primary N) is 1. The summed E-state index contributed by atoms with van der Waals surface area (Å²) in [6.07, 6.45) is 2.02. The van der Waals surface area contributed by atoms with Crippen molar-refractivity contribution in [2.24, 2.45) is 23.2 Å². The van der Waals surface area contributed by atoms with Gasteiger partial charge in [-0.15, -0.1) is 24.0 Å². The zero-order chi connectivity index (χ0) is 16.9. The lowest BCUT2D eigenvalue weighted by atomic mass is 9.93. The van der Waals surface area contributed by atoms with Gasteiger partial charge in [-0.05, 0) is 42.8 Å². The van der Waals surface area contributed by atoms with Crippen molar-refractivity contribution in [3.05, 3.63) is 22.4 Å². The number of carbonyl (C=O) groups is 1. The predicted molar refractivity (Wildman–Crippen MR) is 109 cm³/mol. The Hall–Kier alpha value is -0.770. The van der Waals surface area contributed by atoms with Crippen molar-refractivity contribution >= 4 is 51.8 Å². The second-order valence-corrected chi connectivity index (χ2v) is 6.95. The van der Waals surface area contributed by atoms with Gasteiger partial charge in [0.05, 0.1) is 18.5 Å². The SMILES string of the molecule is CCNC(=NCC(C)(C)C(N)=O)N(C)Cc1cc(Br)cn1C.I. The number of aliphatic imine (C=N–C) groups is 1. The normalized spacial score (nSPS) is 11.8. The second kappa shape index (κ2) is 9.51. The van der Waals surface area contributed by atoms with Gasteiger partial charge in [0.15, 0.2) is 5.96 Å². The molecule has 1 aromatic heterocycles. The molecule has 6 nitrogen and oxygen atoms in total. The molecule has 0 spiro atoms. The number of amides is 1. The Labute approximate surface area is 164 Å². The number of primary amides is 1. The van der Waals surface area contributed by atoms with Gasteiger partial charge in [-0.3, -0.25) is 9.79 Å². The highest BCUT2D eigenvalue weighted by Gasteiger charge is 2.25. The summed E-state index contributed by atoms with van der Waals surface area (Å²) in [5.74, 6) is 0.412. The van der Waals surface area contributed by atoms with Gasteiger partial charge in [-0.2, -0.15) is 0 Å². The van der Waals surface area contributed by atoms with E-state index in [2.05, 4.69) is 36.9 Å². The fraction of sp³-hybridized carbons (Fsp3) is 0.600. The number of halogens is 2. The topological polar surface area (TPSA) is 75.6 Å². The number of carbonyl (C=O) groups excluding carboxylic acids is 1. The minimum absolute atomic E-state index is 0. The van der Waals surface area contributed by atoms with Crippen molar-refractivity contribution in [2.75, 3.05) is 20.1 Å². The Morgan fingerprint density at radius 3 is 2.57 bits per heavy atom. The average molecular weight is 500 g/mol. The van der Waals surface area contributed by atoms with Crippen molar-refractivity contribution in [3.63, 3.8) is 0 Å². The first-order valence-corrected chi connectivity index (χ1v) is 8.06. The fourth-order valence-corrected chi connectivity index (χ4v) is 2.43. The number of guanidine groups is 1. The molecule has 23 heavy (non-hydrogen) atoms. The van der Waals surface area contributed by atoms with E-state index < -0.39 is 5.41 Å². The minimum atomic E-state index is -0.657. The van der Waals surface area contributed by atoms with Crippen LogP contribution in [0, 0.1) is 5.41 Å². The summed E-state index contributed by atoms with van der Waals surface area (Å²) in [6, 6.07) is 2.08. The molecule has 1 aromatic rings. The molecule has 1 heterocycles. The zero-order valence-electron chi connectivity index (χ0n) is 14.4. The Kier molecular flexibility index (Phi) is 9.19. The van der Waals surface area contributed by atoms with Crippen molar-refractivity contribution in [1.29, 1.82) is 0 Å². The fourth-order valence-electron chi connectivity index (χ4n) is 1.86. The van der Waals surface area contributed by atoms with Gasteiger partial charge in [0.25, 0.3) is 0 Å². The summed E-state index contributed by atoms with van der Waals surface area (Å²) < 4.78 is 3.12. The molecule has 1 rings (SSSR count). The number of hydrogen-bond acceptors (Lipinski definition) is 2. The molecule has 0 aliphatic heterocycles. The van der Waals surface area contributed by atoms with Gasteiger partial charge in [0.1, 0.15) is 0 Å². The van der Waals surface area contributed by atoms with Gasteiger partial charge in [-0.25, -0.2) is 0 Å². The molecule has 0 fully saturated rings. The molecule has 0 bridgehead atoms. The number of hydrogen-bond donors (Lipinski definition) is 2. The van der Waals surface area contributed by atoms with Crippen LogP contribution >= 0.6 is 39.9 Å². The maximum atomic E-state index is 11.4. The minimum Gasteiger partial charge on any atom is -0.369 e.